The number of carboxylic acid groups (broad SMARTS) is 1. The Balaban J connectivity index is 2.36. The molecule has 1 aromatic carbocycles. The maximum absolute atomic E-state index is 10.5. The van der Waals surface area contributed by atoms with Crippen LogP contribution in [0.3, 0.4) is 0 Å². The zero-order valence-corrected chi connectivity index (χ0v) is 7.25. The molecule has 0 aliphatic rings. The minimum Gasteiger partial charge on any atom is -0.545 e. The lowest BCUT2D eigenvalue weighted by molar-refractivity contribution is -0.255. The smallest absolute Gasteiger partial charge is 0.0991 e. The molecule has 0 amide bonds. The number of rotatable bonds is 2. The predicted molar refractivity (Wildman–Crippen MR) is 47.9 cm³/mol. The van der Waals surface area contributed by atoms with Crippen LogP contribution >= 0.6 is 0 Å². The second kappa shape index (κ2) is 3.33. The van der Waals surface area contributed by atoms with E-state index in [1.165, 1.54) is 12.1 Å². The Bertz CT molecular complexity index is 432. The molecule has 0 aliphatic carbocycles. The van der Waals surface area contributed by atoms with Gasteiger partial charge in [-0.2, -0.15) is 0 Å². The summed E-state index contributed by atoms with van der Waals surface area (Å²) in [6.45, 7) is 0. The Morgan fingerprint density at radius 2 is 2.00 bits per heavy atom. The summed E-state index contributed by atoms with van der Waals surface area (Å²) in [5.74, 6) is -1.16. The number of aromatic carboxylic acids is 1. The van der Waals surface area contributed by atoms with Crippen molar-refractivity contribution in [2.75, 3.05) is 0 Å². The third-order valence-corrected chi connectivity index (χ3v) is 1.91. The molecular formula is C10H7N2O2-. The highest BCUT2D eigenvalue weighted by molar-refractivity contribution is 5.85. The van der Waals surface area contributed by atoms with Crippen LogP contribution in [0.1, 0.15) is 10.4 Å². The quantitative estimate of drug-likeness (QED) is 0.676. The van der Waals surface area contributed by atoms with E-state index in [0.29, 0.717) is 0 Å². The van der Waals surface area contributed by atoms with Crippen molar-refractivity contribution in [2.24, 2.45) is 0 Å². The number of imidazole rings is 1. The van der Waals surface area contributed by atoms with Crippen molar-refractivity contribution in [1.29, 1.82) is 0 Å². The second-order valence-corrected chi connectivity index (χ2v) is 2.80. The summed E-state index contributed by atoms with van der Waals surface area (Å²) in [4.78, 5) is 14.4. The standard InChI is InChI=1S/C10H8N2O2/c13-10(14)8-1-3-9(4-2-8)12-6-5-11-7-12/h1-7H,(H,13,14)/p-1. The molecule has 0 saturated heterocycles. The fourth-order valence-corrected chi connectivity index (χ4v) is 1.18. The highest BCUT2D eigenvalue weighted by Gasteiger charge is 1.96. The van der Waals surface area contributed by atoms with Crippen molar-refractivity contribution in [3.8, 4) is 5.69 Å². The van der Waals surface area contributed by atoms with Crippen LogP contribution in [0, 0.1) is 0 Å². The van der Waals surface area contributed by atoms with Crippen molar-refractivity contribution in [3.63, 3.8) is 0 Å². The van der Waals surface area contributed by atoms with E-state index in [1.54, 1.807) is 35.4 Å². The van der Waals surface area contributed by atoms with Gasteiger partial charge in [0.1, 0.15) is 0 Å². The van der Waals surface area contributed by atoms with E-state index in [9.17, 15) is 9.90 Å². The van der Waals surface area contributed by atoms with E-state index in [1.807, 2.05) is 0 Å². The fraction of sp³-hybridized carbons (Fsp3) is 0. The molecule has 4 nitrogen and oxygen atoms in total. The van der Waals surface area contributed by atoms with Crippen molar-refractivity contribution < 1.29 is 9.90 Å². The van der Waals surface area contributed by atoms with Gasteiger partial charge < -0.3 is 14.5 Å². The maximum atomic E-state index is 10.5. The van der Waals surface area contributed by atoms with Gasteiger partial charge in [-0.05, 0) is 17.7 Å². The molecule has 0 atom stereocenters. The molecule has 0 bridgehead atoms. The van der Waals surface area contributed by atoms with Crippen LogP contribution in [0.4, 0.5) is 0 Å². The van der Waals surface area contributed by atoms with E-state index in [-0.39, 0.29) is 5.56 Å². The highest BCUT2D eigenvalue weighted by Crippen LogP contribution is 2.08. The van der Waals surface area contributed by atoms with Gasteiger partial charge in [-0.3, -0.25) is 0 Å². The lowest BCUT2D eigenvalue weighted by atomic mass is 10.2. The Morgan fingerprint density at radius 1 is 1.29 bits per heavy atom. The molecule has 0 radical (unpaired) electrons. The van der Waals surface area contributed by atoms with Gasteiger partial charge in [0, 0.05) is 18.1 Å². The molecule has 0 N–H and O–H groups in total. The van der Waals surface area contributed by atoms with Gasteiger partial charge >= 0.3 is 0 Å². The zero-order valence-electron chi connectivity index (χ0n) is 7.25. The van der Waals surface area contributed by atoms with Gasteiger partial charge in [0.15, 0.2) is 0 Å². The number of carboxylic acids is 1. The third-order valence-electron chi connectivity index (χ3n) is 1.91. The molecule has 1 aromatic heterocycles. The van der Waals surface area contributed by atoms with Crippen LogP contribution in [0.5, 0.6) is 0 Å². The summed E-state index contributed by atoms with van der Waals surface area (Å²) in [7, 11) is 0. The third kappa shape index (κ3) is 1.50. The van der Waals surface area contributed by atoms with Gasteiger partial charge in [0.05, 0.1) is 12.3 Å². The van der Waals surface area contributed by atoms with E-state index in [4.69, 9.17) is 0 Å². The summed E-state index contributed by atoms with van der Waals surface area (Å²) >= 11 is 0. The molecule has 2 aromatic rings. The molecule has 0 spiro atoms. The second-order valence-electron chi connectivity index (χ2n) is 2.80. The summed E-state index contributed by atoms with van der Waals surface area (Å²) in [5.41, 5.74) is 1.04. The monoisotopic (exact) mass is 187 g/mol. The minimum atomic E-state index is -1.16. The summed E-state index contributed by atoms with van der Waals surface area (Å²) < 4.78 is 1.79. The first-order chi connectivity index (χ1) is 6.77. The lowest BCUT2D eigenvalue weighted by Crippen LogP contribution is -2.21. The van der Waals surface area contributed by atoms with Crippen LogP contribution in [-0.2, 0) is 0 Å². The van der Waals surface area contributed by atoms with Crippen LogP contribution < -0.4 is 5.11 Å². The van der Waals surface area contributed by atoms with Crippen LogP contribution in [0.25, 0.3) is 5.69 Å². The van der Waals surface area contributed by atoms with Crippen molar-refractivity contribution in [3.05, 3.63) is 48.5 Å². The molecule has 1 heterocycles. The first-order valence-electron chi connectivity index (χ1n) is 4.07. The van der Waals surface area contributed by atoms with Crippen molar-refractivity contribution in [2.45, 2.75) is 0 Å². The van der Waals surface area contributed by atoms with Gasteiger partial charge in [0.2, 0.25) is 0 Å². The SMILES string of the molecule is O=C([O-])c1ccc(-n2ccnc2)cc1. The minimum absolute atomic E-state index is 0.175. The Labute approximate surface area is 80.4 Å². The number of carbonyl (C=O) groups is 1. The Kier molecular flexibility index (Phi) is 2.02. The molecule has 4 heteroatoms. The largest absolute Gasteiger partial charge is 0.545 e. The Morgan fingerprint density at radius 3 is 2.50 bits per heavy atom. The highest BCUT2D eigenvalue weighted by atomic mass is 16.4. The number of hydrogen-bond donors (Lipinski definition) is 0. The summed E-state index contributed by atoms with van der Waals surface area (Å²) in [6, 6.07) is 6.41. The maximum Gasteiger partial charge on any atom is 0.0991 e. The number of hydrogen-bond acceptors (Lipinski definition) is 3. The van der Waals surface area contributed by atoms with Gasteiger partial charge in [-0.1, -0.05) is 12.1 Å². The van der Waals surface area contributed by atoms with E-state index >= 15 is 0 Å². The summed E-state index contributed by atoms with van der Waals surface area (Å²) in [5, 5.41) is 10.5. The number of aromatic nitrogens is 2. The van der Waals surface area contributed by atoms with Crippen LogP contribution in [-0.4, -0.2) is 15.5 Å². The van der Waals surface area contributed by atoms with Gasteiger partial charge in [-0.25, -0.2) is 4.98 Å². The van der Waals surface area contributed by atoms with Crippen LogP contribution in [0.15, 0.2) is 43.0 Å². The average Bonchev–Trinajstić information content (AvgIpc) is 2.71. The molecule has 0 unspecified atom stereocenters. The molecule has 0 fully saturated rings. The van der Waals surface area contributed by atoms with E-state index in [2.05, 4.69) is 4.98 Å². The normalized spacial score (nSPS) is 10.0. The van der Waals surface area contributed by atoms with E-state index < -0.39 is 5.97 Å². The van der Waals surface area contributed by atoms with Gasteiger partial charge in [0.25, 0.3) is 0 Å². The Hall–Kier alpha value is -2.10. The molecule has 0 saturated carbocycles. The van der Waals surface area contributed by atoms with Crippen LogP contribution in [0.2, 0.25) is 0 Å². The van der Waals surface area contributed by atoms with Crippen molar-refractivity contribution in [1.82, 2.24) is 9.55 Å². The number of carbonyl (C=O) groups excluding carboxylic acids is 1. The number of nitrogens with zero attached hydrogens (tertiary/aromatic N) is 2. The fourth-order valence-electron chi connectivity index (χ4n) is 1.18. The molecule has 0 aliphatic heterocycles. The topological polar surface area (TPSA) is 57.9 Å². The summed E-state index contributed by atoms with van der Waals surface area (Å²) in [6.07, 6.45) is 5.09. The number of benzene rings is 1. The van der Waals surface area contributed by atoms with Crippen molar-refractivity contribution >= 4 is 5.97 Å². The molecule has 14 heavy (non-hydrogen) atoms. The lowest BCUT2D eigenvalue weighted by Gasteiger charge is -2.04. The first-order valence-corrected chi connectivity index (χ1v) is 4.07. The average molecular weight is 187 g/mol. The van der Waals surface area contributed by atoms with E-state index in [0.717, 1.165) is 5.69 Å². The molecule has 70 valence electrons. The van der Waals surface area contributed by atoms with Gasteiger partial charge in [-0.15, -0.1) is 0 Å². The molecular weight excluding hydrogens is 180 g/mol. The predicted octanol–water partition coefficient (Wildman–Crippen LogP) is 0.236. The zero-order chi connectivity index (χ0) is 9.97. The first kappa shape index (κ1) is 8.50. The molecule has 2 rings (SSSR count).